The summed E-state index contributed by atoms with van der Waals surface area (Å²) >= 11 is 0. The molecule has 1 aliphatic heterocycles. The van der Waals surface area contributed by atoms with Gasteiger partial charge in [-0.15, -0.1) is 0 Å². The molecule has 112 valence electrons. The van der Waals surface area contributed by atoms with E-state index in [1.165, 1.54) is 44.6 Å². The van der Waals surface area contributed by atoms with E-state index < -0.39 is 0 Å². The van der Waals surface area contributed by atoms with E-state index in [9.17, 15) is 0 Å². The normalized spacial score (nSPS) is 22.9. The van der Waals surface area contributed by atoms with Crippen LogP contribution in [-0.2, 0) is 0 Å². The van der Waals surface area contributed by atoms with Gasteiger partial charge in [0.1, 0.15) is 0 Å². The minimum atomic E-state index is 0.607. The van der Waals surface area contributed by atoms with E-state index in [-0.39, 0.29) is 0 Å². The van der Waals surface area contributed by atoms with Crippen molar-refractivity contribution in [3.63, 3.8) is 0 Å². The molecular weight excluding hydrogens is 246 g/mol. The van der Waals surface area contributed by atoms with Crippen LogP contribution in [0.2, 0.25) is 0 Å². The number of benzene rings is 1. The van der Waals surface area contributed by atoms with Crippen molar-refractivity contribution in [1.82, 2.24) is 9.80 Å². The second kappa shape index (κ2) is 7.09. The van der Waals surface area contributed by atoms with Crippen LogP contribution in [0.25, 0.3) is 0 Å². The average molecular weight is 275 g/mol. The van der Waals surface area contributed by atoms with E-state index in [1.807, 2.05) is 12.1 Å². The molecule has 3 heteroatoms. The minimum Gasteiger partial charge on any atom is -0.399 e. The molecule has 0 aliphatic carbocycles. The Morgan fingerprint density at radius 1 is 1.25 bits per heavy atom. The Hall–Kier alpha value is -1.06. The van der Waals surface area contributed by atoms with Crippen LogP contribution in [0.3, 0.4) is 0 Å². The molecule has 0 bridgehead atoms. The van der Waals surface area contributed by atoms with Crippen LogP contribution in [0, 0.1) is 0 Å². The molecule has 0 aromatic heterocycles. The number of rotatable bonds is 5. The first kappa shape index (κ1) is 15.3. The molecule has 0 saturated carbocycles. The first-order valence-corrected chi connectivity index (χ1v) is 7.88. The number of piperazine rings is 1. The number of likely N-dealkylation sites (N-methyl/N-ethyl adjacent to an activating group) is 1. The van der Waals surface area contributed by atoms with Crippen molar-refractivity contribution >= 4 is 5.69 Å². The first-order chi connectivity index (χ1) is 9.60. The van der Waals surface area contributed by atoms with E-state index in [2.05, 4.69) is 42.8 Å². The van der Waals surface area contributed by atoms with Gasteiger partial charge >= 0.3 is 0 Å². The Morgan fingerprint density at radius 3 is 2.60 bits per heavy atom. The van der Waals surface area contributed by atoms with Crippen molar-refractivity contribution in [3.05, 3.63) is 29.8 Å². The summed E-state index contributed by atoms with van der Waals surface area (Å²) in [4.78, 5) is 5.13. The van der Waals surface area contributed by atoms with Crippen molar-refractivity contribution in [2.45, 2.75) is 38.6 Å². The number of nitrogens with two attached hydrogens (primary N) is 1. The molecular formula is C17H29N3. The standard InChI is InChI=1S/C17H29N3/c1-4-17-13-20(12-11-19(17)3)10-9-14(2)15-5-7-16(18)8-6-15/h5-8,14,17H,4,9-13,18H2,1-3H3. The average Bonchev–Trinajstić information content (AvgIpc) is 2.46. The van der Waals surface area contributed by atoms with E-state index in [1.54, 1.807) is 0 Å². The summed E-state index contributed by atoms with van der Waals surface area (Å²) < 4.78 is 0. The lowest BCUT2D eigenvalue weighted by atomic mass is 9.97. The Morgan fingerprint density at radius 2 is 1.95 bits per heavy atom. The molecule has 1 heterocycles. The van der Waals surface area contributed by atoms with Crippen LogP contribution in [0.5, 0.6) is 0 Å². The molecule has 3 nitrogen and oxygen atoms in total. The zero-order valence-electron chi connectivity index (χ0n) is 13.2. The molecule has 0 spiro atoms. The highest BCUT2D eigenvalue weighted by Gasteiger charge is 2.22. The van der Waals surface area contributed by atoms with Gasteiger partial charge in [-0.1, -0.05) is 26.0 Å². The van der Waals surface area contributed by atoms with Crippen LogP contribution in [0.4, 0.5) is 5.69 Å². The lowest BCUT2D eigenvalue weighted by Crippen LogP contribution is -2.51. The molecule has 1 aliphatic rings. The van der Waals surface area contributed by atoms with Gasteiger partial charge in [-0.3, -0.25) is 0 Å². The summed E-state index contributed by atoms with van der Waals surface area (Å²) in [5, 5.41) is 0. The van der Waals surface area contributed by atoms with Crippen LogP contribution in [-0.4, -0.2) is 49.1 Å². The highest BCUT2D eigenvalue weighted by atomic mass is 15.3. The zero-order valence-corrected chi connectivity index (χ0v) is 13.2. The van der Waals surface area contributed by atoms with Crippen LogP contribution in [0.1, 0.15) is 38.2 Å². The van der Waals surface area contributed by atoms with Crippen molar-refractivity contribution in [1.29, 1.82) is 0 Å². The summed E-state index contributed by atoms with van der Waals surface area (Å²) in [5.74, 6) is 0.607. The second-order valence-corrected chi connectivity index (χ2v) is 6.20. The van der Waals surface area contributed by atoms with Gasteiger partial charge in [-0.05, 0) is 50.0 Å². The maximum absolute atomic E-state index is 5.75. The summed E-state index contributed by atoms with van der Waals surface area (Å²) in [7, 11) is 2.25. The Bertz CT molecular complexity index is 401. The molecule has 1 fully saturated rings. The molecule has 2 atom stereocenters. The van der Waals surface area contributed by atoms with Gasteiger partial charge < -0.3 is 15.5 Å². The molecule has 1 aromatic carbocycles. The van der Waals surface area contributed by atoms with E-state index in [4.69, 9.17) is 5.73 Å². The number of nitrogens with zero attached hydrogens (tertiary/aromatic N) is 2. The smallest absolute Gasteiger partial charge is 0.0314 e. The predicted molar refractivity (Wildman–Crippen MR) is 87.0 cm³/mol. The van der Waals surface area contributed by atoms with Gasteiger partial charge in [0.05, 0.1) is 0 Å². The zero-order chi connectivity index (χ0) is 14.5. The molecule has 1 saturated heterocycles. The third-order valence-corrected chi connectivity index (χ3v) is 4.72. The van der Waals surface area contributed by atoms with Gasteiger partial charge in [0, 0.05) is 31.4 Å². The van der Waals surface area contributed by atoms with Crippen molar-refractivity contribution < 1.29 is 0 Å². The third kappa shape index (κ3) is 3.97. The van der Waals surface area contributed by atoms with Gasteiger partial charge in [0.15, 0.2) is 0 Å². The van der Waals surface area contributed by atoms with E-state index in [0.29, 0.717) is 5.92 Å². The Balaban J connectivity index is 1.81. The summed E-state index contributed by atoms with van der Waals surface area (Å²) in [5.41, 5.74) is 8.00. The van der Waals surface area contributed by atoms with Gasteiger partial charge in [0.2, 0.25) is 0 Å². The SMILES string of the molecule is CCC1CN(CCC(C)c2ccc(N)cc2)CCN1C. The first-order valence-electron chi connectivity index (χ1n) is 7.88. The molecule has 2 N–H and O–H groups in total. The quantitative estimate of drug-likeness (QED) is 0.839. The molecule has 0 radical (unpaired) electrons. The molecule has 20 heavy (non-hydrogen) atoms. The highest BCUT2D eigenvalue weighted by molar-refractivity contribution is 5.40. The van der Waals surface area contributed by atoms with Crippen molar-refractivity contribution in [2.75, 3.05) is 39.0 Å². The van der Waals surface area contributed by atoms with Gasteiger partial charge in [-0.25, -0.2) is 0 Å². The summed E-state index contributed by atoms with van der Waals surface area (Å²) in [6.45, 7) is 9.45. The third-order valence-electron chi connectivity index (χ3n) is 4.72. The molecule has 2 unspecified atom stereocenters. The van der Waals surface area contributed by atoms with Gasteiger partial charge in [0.25, 0.3) is 0 Å². The van der Waals surface area contributed by atoms with Crippen molar-refractivity contribution in [3.8, 4) is 0 Å². The minimum absolute atomic E-state index is 0.607. The summed E-state index contributed by atoms with van der Waals surface area (Å²) in [6, 6.07) is 9.08. The largest absolute Gasteiger partial charge is 0.399 e. The summed E-state index contributed by atoms with van der Waals surface area (Å²) in [6.07, 6.45) is 2.48. The fourth-order valence-electron chi connectivity index (χ4n) is 3.02. The number of nitrogen functional groups attached to an aromatic ring is 1. The fourth-order valence-corrected chi connectivity index (χ4v) is 3.02. The monoisotopic (exact) mass is 275 g/mol. The maximum Gasteiger partial charge on any atom is 0.0314 e. The molecule has 1 aromatic rings. The Labute approximate surface area is 123 Å². The van der Waals surface area contributed by atoms with Crippen molar-refractivity contribution in [2.24, 2.45) is 0 Å². The lowest BCUT2D eigenvalue weighted by Gasteiger charge is -2.39. The Kier molecular flexibility index (Phi) is 5.44. The lowest BCUT2D eigenvalue weighted by molar-refractivity contribution is 0.0913. The van der Waals surface area contributed by atoms with Crippen LogP contribution < -0.4 is 5.73 Å². The number of hydrogen-bond acceptors (Lipinski definition) is 3. The topological polar surface area (TPSA) is 32.5 Å². The fraction of sp³-hybridized carbons (Fsp3) is 0.647. The highest BCUT2D eigenvalue weighted by Crippen LogP contribution is 2.21. The predicted octanol–water partition coefficient (Wildman–Crippen LogP) is 2.79. The number of anilines is 1. The van der Waals surface area contributed by atoms with E-state index >= 15 is 0 Å². The number of hydrogen-bond donors (Lipinski definition) is 1. The van der Waals surface area contributed by atoms with Crippen LogP contribution in [0.15, 0.2) is 24.3 Å². The van der Waals surface area contributed by atoms with E-state index in [0.717, 1.165) is 11.7 Å². The van der Waals surface area contributed by atoms with Crippen LogP contribution >= 0.6 is 0 Å². The molecule has 0 amide bonds. The maximum atomic E-state index is 5.75. The second-order valence-electron chi connectivity index (χ2n) is 6.20. The van der Waals surface area contributed by atoms with Gasteiger partial charge in [-0.2, -0.15) is 0 Å². The molecule has 2 rings (SSSR count).